The Labute approximate surface area is 143 Å². The summed E-state index contributed by atoms with van der Waals surface area (Å²) >= 11 is 0. The second-order valence-electron chi connectivity index (χ2n) is 5.71. The van der Waals surface area contributed by atoms with Crippen LogP contribution in [0.15, 0.2) is 36.5 Å². The number of pyridine rings is 1. The van der Waals surface area contributed by atoms with Crippen LogP contribution in [0.25, 0.3) is 11.1 Å². The van der Waals surface area contributed by atoms with Gasteiger partial charge in [0.25, 0.3) is 5.91 Å². The van der Waals surface area contributed by atoms with Gasteiger partial charge in [0.2, 0.25) is 0 Å². The summed E-state index contributed by atoms with van der Waals surface area (Å²) in [6.07, 6.45) is 0.995. The van der Waals surface area contributed by atoms with Crippen molar-refractivity contribution in [3.8, 4) is 11.1 Å². The lowest BCUT2D eigenvalue weighted by Gasteiger charge is -2.08. The highest BCUT2D eigenvalue weighted by molar-refractivity contribution is 6.04. The van der Waals surface area contributed by atoms with Crippen LogP contribution in [0.3, 0.4) is 0 Å². The van der Waals surface area contributed by atoms with Gasteiger partial charge in [-0.05, 0) is 49.7 Å². The van der Waals surface area contributed by atoms with E-state index in [-0.39, 0.29) is 11.4 Å². The van der Waals surface area contributed by atoms with Gasteiger partial charge in [-0.15, -0.1) is 0 Å². The van der Waals surface area contributed by atoms with Crippen LogP contribution in [0.2, 0.25) is 0 Å². The van der Waals surface area contributed by atoms with Crippen LogP contribution in [-0.4, -0.2) is 20.7 Å². The summed E-state index contributed by atoms with van der Waals surface area (Å²) in [5, 5.41) is 6.84. The lowest BCUT2D eigenvalue weighted by atomic mass is 10.0. The highest BCUT2D eigenvalue weighted by Crippen LogP contribution is 2.28. The van der Waals surface area contributed by atoms with E-state index in [0.717, 1.165) is 29.2 Å². The average Bonchev–Trinajstić information content (AvgIpc) is 2.81. The average molecular weight is 342 g/mol. The van der Waals surface area contributed by atoms with Crippen LogP contribution < -0.4 is 5.32 Å². The monoisotopic (exact) mass is 342 g/mol. The number of hydrogen-bond acceptors (Lipinski definition) is 3. The predicted octanol–water partition coefficient (Wildman–Crippen LogP) is 3.63. The number of carbonyl (C=O) groups excluding carboxylic acids is 1. The fraction of sp³-hybridized carbons (Fsp3) is 0.167. The van der Waals surface area contributed by atoms with Crippen molar-refractivity contribution in [1.29, 1.82) is 0 Å². The number of hydrogen-bond donors (Lipinski definition) is 1. The van der Waals surface area contributed by atoms with Crippen LogP contribution >= 0.6 is 0 Å². The van der Waals surface area contributed by atoms with E-state index in [0.29, 0.717) is 5.56 Å². The maximum absolute atomic E-state index is 14.1. The molecule has 128 valence electrons. The van der Waals surface area contributed by atoms with Crippen molar-refractivity contribution in [2.75, 3.05) is 5.32 Å². The molecule has 0 unspecified atom stereocenters. The summed E-state index contributed by atoms with van der Waals surface area (Å²) in [6, 6.07) is 6.62. The molecule has 3 rings (SSSR count). The number of carbonyl (C=O) groups is 1. The SMILES string of the molecule is Cc1nn(C)c(C)c1-c1cc(F)cc(C(=O)Nc2ccc(F)cn2)c1. The first kappa shape index (κ1) is 16.8. The van der Waals surface area contributed by atoms with E-state index < -0.39 is 17.5 Å². The van der Waals surface area contributed by atoms with Gasteiger partial charge in [-0.2, -0.15) is 5.10 Å². The molecule has 7 heteroatoms. The zero-order valence-electron chi connectivity index (χ0n) is 14.0. The Hall–Kier alpha value is -3.09. The van der Waals surface area contributed by atoms with Gasteiger partial charge in [-0.3, -0.25) is 9.48 Å². The largest absolute Gasteiger partial charge is 0.307 e. The summed E-state index contributed by atoms with van der Waals surface area (Å²) in [6.45, 7) is 3.71. The van der Waals surface area contributed by atoms with Gasteiger partial charge in [-0.25, -0.2) is 13.8 Å². The van der Waals surface area contributed by atoms with Gasteiger partial charge in [0, 0.05) is 23.9 Å². The molecule has 0 spiro atoms. The Morgan fingerprint density at radius 3 is 2.48 bits per heavy atom. The third-order valence-corrected chi connectivity index (χ3v) is 3.93. The molecule has 0 atom stereocenters. The Morgan fingerprint density at radius 1 is 1.12 bits per heavy atom. The molecule has 0 aliphatic rings. The summed E-state index contributed by atoms with van der Waals surface area (Å²) < 4.78 is 28.7. The molecule has 0 saturated carbocycles. The summed E-state index contributed by atoms with van der Waals surface area (Å²) in [5.41, 5.74) is 3.12. The van der Waals surface area contributed by atoms with E-state index in [2.05, 4.69) is 15.4 Å². The third kappa shape index (κ3) is 3.40. The number of halogens is 2. The first-order chi connectivity index (χ1) is 11.8. The second-order valence-corrected chi connectivity index (χ2v) is 5.71. The topological polar surface area (TPSA) is 59.8 Å². The fourth-order valence-corrected chi connectivity index (χ4v) is 2.69. The van der Waals surface area contributed by atoms with Crippen LogP contribution in [-0.2, 0) is 7.05 Å². The number of anilines is 1. The van der Waals surface area contributed by atoms with E-state index >= 15 is 0 Å². The number of nitrogens with one attached hydrogen (secondary N) is 1. The number of amides is 1. The fourth-order valence-electron chi connectivity index (χ4n) is 2.69. The molecule has 0 bridgehead atoms. The van der Waals surface area contributed by atoms with Crippen LogP contribution in [0.5, 0.6) is 0 Å². The van der Waals surface area contributed by atoms with Crippen molar-refractivity contribution in [3.63, 3.8) is 0 Å². The van der Waals surface area contributed by atoms with Gasteiger partial charge in [0.05, 0.1) is 11.9 Å². The zero-order chi connectivity index (χ0) is 18.1. The van der Waals surface area contributed by atoms with E-state index in [1.807, 2.05) is 13.8 Å². The molecule has 0 aliphatic heterocycles. The Bertz CT molecular complexity index is 948. The first-order valence-corrected chi connectivity index (χ1v) is 7.59. The van der Waals surface area contributed by atoms with Gasteiger partial charge in [-0.1, -0.05) is 0 Å². The highest BCUT2D eigenvalue weighted by atomic mass is 19.1. The maximum Gasteiger partial charge on any atom is 0.256 e. The van der Waals surface area contributed by atoms with Crippen LogP contribution in [0.1, 0.15) is 21.7 Å². The minimum atomic E-state index is -0.530. The normalized spacial score (nSPS) is 10.8. The molecule has 2 heterocycles. The summed E-state index contributed by atoms with van der Waals surface area (Å²) in [5.74, 6) is -1.38. The molecule has 5 nitrogen and oxygen atoms in total. The third-order valence-electron chi connectivity index (χ3n) is 3.93. The van der Waals surface area contributed by atoms with E-state index in [9.17, 15) is 13.6 Å². The van der Waals surface area contributed by atoms with Crippen molar-refractivity contribution in [2.45, 2.75) is 13.8 Å². The molecule has 0 saturated heterocycles. The number of aromatic nitrogens is 3. The minimum Gasteiger partial charge on any atom is -0.307 e. The number of aryl methyl sites for hydroxylation is 2. The Kier molecular flexibility index (Phi) is 4.31. The molecule has 0 radical (unpaired) electrons. The molecular weight excluding hydrogens is 326 g/mol. The molecule has 1 aromatic carbocycles. The second kappa shape index (κ2) is 6.43. The van der Waals surface area contributed by atoms with Crippen molar-refractivity contribution >= 4 is 11.7 Å². The van der Waals surface area contributed by atoms with Crippen molar-refractivity contribution < 1.29 is 13.6 Å². The molecular formula is C18H16F2N4O. The highest BCUT2D eigenvalue weighted by Gasteiger charge is 2.16. The van der Waals surface area contributed by atoms with Gasteiger partial charge in [0.15, 0.2) is 0 Å². The first-order valence-electron chi connectivity index (χ1n) is 7.59. The quantitative estimate of drug-likeness (QED) is 0.791. The number of nitrogens with zero attached hydrogens (tertiary/aromatic N) is 3. The number of benzene rings is 1. The summed E-state index contributed by atoms with van der Waals surface area (Å²) in [7, 11) is 1.80. The van der Waals surface area contributed by atoms with Crippen molar-refractivity contribution in [3.05, 3.63) is 65.1 Å². The molecule has 0 fully saturated rings. The molecule has 3 aromatic rings. The van der Waals surface area contributed by atoms with Gasteiger partial charge < -0.3 is 5.32 Å². The minimum absolute atomic E-state index is 0.142. The zero-order valence-corrected chi connectivity index (χ0v) is 14.0. The Balaban J connectivity index is 1.96. The summed E-state index contributed by atoms with van der Waals surface area (Å²) in [4.78, 5) is 16.1. The predicted molar refractivity (Wildman–Crippen MR) is 90.2 cm³/mol. The van der Waals surface area contributed by atoms with Gasteiger partial charge >= 0.3 is 0 Å². The van der Waals surface area contributed by atoms with Gasteiger partial charge in [0.1, 0.15) is 17.5 Å². The molecule has 1 N–H and O–H groups in total. The van der Waals surface area contributed by atoms with E-state index in [1.165, 1.54) is 18.2 Å². The number of rotatable bonds is 3. The van der Waals surface area contributed by atoms with Crippen molar-refractivity contribution in [1.82, 2.24) is 14.8 Å². The molecule has 2 aromatic heterocycles. The lowest BCUT2D eigenvalue weighted by molar-refractivity contribution is 0.102. The smallest absolute Gasteiger partial charge is 0.256 e. The van der Waals surface area contributed by atoms with Crippen molar-refractivity contribution in [2.24, 2.45) is 7.05 Å². The standard InChI is InChI=1S/C18H16F2N4O/c1-10-17(11(2)24(3)23-10)12-6-13(8-15(20)7-12)18(25)22-16-5-4-14(19)9-21-16/h4-9H,1-3H3,(H,21,22,25). The van der Waals surface area contributed by atoms with E-state index in [4.69, 9.17) is 0 Å². The molecule has 1 amide bonds. The molecule has 0 aliphatic carbocycles. The maximum atomic E-state index is 14.1. The van der Waals surface area contributed by atoms with Crippen LogP contribution in [0.4, 0.5) is 14.6 Å². The van der Waals surface area contributed by atoms with Crippen LogP contribution in [0, 0.1) is 25.5 Å². The van der Waals surface area contributed by atoms with E-state index in [1.54, 1.807) is 17.8 Å². The Morgan fingerprint density at radius 2 is 1.88 bits per heavy atom. The lowest BCUT2D eigenvalue weighted by Crippen LogP contribution is -2.13. The molecule has 25 heavy (non-hydrogen) atoms.